The largest absolute Gasteiger partial charge is 0.481 e. The molecular formula is C18H28ClNO2. The average Bonchev–Trinajstić information content (AvgIpc) is 2.40. The van der Waals surface area contributed by atoms with E-state index in [-0.39, 0.29) is 11.9 Å². The molecule has 1 amide bonds. The highest BCUT2D eigenvalue weighted by molar-refractivity contribution is 6.32. The minimum absolute atomic E-state index is 0.0855. The highest BCUT2D eigenvalue weighted by Gasteiger charge is 2.23. The van der Waals surface area contributed by atoms with Crippen molar-refractivity contribution in [2.75, 3.05) is 0 Å². The summed E-state index contributed by atoms with van der Waals surface area (Å²) in [6, 6.07) is 3.87. The lowest BCUT2D eigenvalue weighted by Gasteiger charge is -2.27. The number of aryl methyl sites for hydroxylation is 2. The van der Waals surface area contributed by atoms with Gasteiger partial charge in [-0.1, -0.05) is 39.3 Å². The first-order chi connectivity index (χ1) is 10.1. The second-order valence-electron chi connectivity index (χ2n) is 6.65. The predicted octanol–water partition coefficient (Wildman–Crippen LogP) is 4.52. The molecule has 0 spiro atoms. The topological polar surface area (TPSA) is 38.3 Å². The first-order valence-corrected chi connectivity index (χ1v) is 8.25. The summed E-state index contributed by atoms with van der Waals surface area (Å²) < 4.78 is 5.78. The van der Waals surface area contributed by atoms with E-state index in [1.807, 2.05) is 26.0 Å². The Labute approximate surface area is 139 Å². The molecule has 1 unspecified atom stereocenters. The van der Waals surface area contributed by atoms with Gasteiger partial charge in [0.15, 0.2) is 6.10 Å². The normalized spacial score (nSPS) is 12.9. The summed E-state index contributed by atoms with van der Waals surface area (Å²) in [5, 5.41) is 3.83. The number of amides is 1. The van der Waals surface area contributed by atoms with Gasteiger partial charge in [-0.05, 0) is 55.9 Å². The van der Waals surface area contributed by atoms with Crippen LogP contribution in [-0.2, 0) is 4.79 Å². The van der Waals surface area contributed by atoms with Crippen molar-refractivity contribution in [2.45, 2.75) is 60.6 Å². The second-order valence-corrected chi connectivity index (χ2v) is 7.03. The molecule has 0 fully saturated rings. The van der Waals surface area contributed by atoms with Crippen molar-refractivity contribution < 1.29 is 9.53 Å². The predicted molar refractivity (Wildman–Crippen MR) is 92.6 cm³/mol. The molecule has 124 valence electrons. The number of hydrogen-bond donors (Lipinski definition) is 1. The van der Waals surface area contributed by atoms with E-state index in [0.717, 1.165) is 16.1 Å². The van der Waals surface area contributed by atoms with Crippen LogP contribution in [0.5, 0.6) is 5.75 Å². The third-order valence-electron chi connectivity index (χ3n) is 3.84. The number of ether oxygens (including phenoxy) is 1. The molecule has 0 aliphatic carbocycles. The zero-order valence-electron chi connectivity index (χ0n) is 14.7. The zero-order valence-corrected chi connectivity index (χ0v) is 15.4. The van der Waals surface area contributed by atoms with Crippen LogP contribution in [-0.4, -0.2) is 18.1 Å². The van der Waals surface area contributed by atoms with Crippen molar-refractivity contribution in [3.8, 4) is 5.75 Å². The molecule has 0 radical (unpaired) electrons. The summed E-state index contributed by atoms with van der Waals surface area (Å²) in [5.41, 5.74) is 1.90. The molecule has 1 rings (SSSR count). The summed E-state index contributed by atoms with van der Waals surface area (Å²) in [7, 11) is 0. The molecule has 0 aliphatic heterocycles. The van der Waals surface area contributed by atoms with E-state index in [4.69, 9.17) is 16.3 Å². The second kappa shape index (κ2) is 7.87. The SMILES string of the molecule is Cc1cc(OC(C)C(=O)NC(C(C)C)C(C)C)cc(C)c1Cl. The highest BCUT2D eigenvalue weighted by Crippen LogP contribution is 2.26. The number of carbonyl (C=O) groups excluding carboxylic acids is 1. The van der Waals surface area contributed by atoms with Crippen molar-refractivity contribution in [3.05, 3.63) is 28.3 Å². The monoisotopic (exact) mass is 325 g/mol. The Kier molecular flexibility index (Phi) is 6.73. The number of hydrogen-bond acceptors (Lipinski definition) is 2. The molecular weight excluding hydrogens is 298 g/mol. The van der Waals surface area contributed by atoms with Crippen LogP contribution in [0.1, 0.15) is 45.7 Å². The van der Waals surface area contributed by atoms with Gasteiger partial charge in [0.25, 0.3) is 5.91 Å². The van der Waals surface area contributed by atoms with Crippen molar-refractivity contribution >= 4 is 17.5 Å². The molecule has 0 heterocycles. The fraction of sp³-hybridized carbons (Fsp3) is 0.611. The van der Waals surface area contributed by atoms with E-state index >= 15 is 0 Å². The Morgan fingerprint density at radius 3 is 1.91 bits per heavy atom. The molecule has 1 aromatic rings. The van der Waals surface area contributed by atoms with Gasteiger partial charge >= 0.3 is 0 Å². The van der Waals surface area contributed by atoms with Crippen LogP contribution in [0.15, 0.2) is 12.1 Å². The van der Waals surface area contributed by atoms with Gasteiger partial charge in [-0.2, -0.15) is 0 Å². The van der Waals surface area contributed by atoms with Gasteiger partial charge in [-0.3, -0.25) is 4.79 Å². The van der Waals surface area contributed by atoms with Crippen molar-refractivity contribution in [1.29, 1.82) is 0 Å². The number of nitrogens with one attached hydrogen (secondary N) is 1. The summed E-state index contributed by atoms with van der Waals surface area (Å²) in [6.45, 7) is 14.1. The lowest BCUT2D eigenvalue weighted by Crippen LogP contribution is -2.47. The molecule has 4 heteroatoms. The summed E-state index contributed by atoms with van der Waals surface area (Å²) in [5.74, 6) is 1.36. The Morgan fingerprint density at radius 1 is 1.05 bits per heavy atom. The maximum Gasteiger partial charge on any atom is 0.261 e. The Bertz CT molecular complexity index is 495. The first kappa shape index (κ1) is 18.8. The molecule has 1 N–H and O–H groups in total. The van der Waals surface area contributed by atoms with Gasteiger partial charge < -0.3 is 10.1 Å². The third-order valence-corrected chi connectivity index (χ3v) is 4.43. The van der Waals surface area contributed by atoms with Crippen LogP contribution in [0.3, 0.4) is 0 Å². The lowest BCUT2D eigenvalue weighted by molar-refractivity contribution is -0.128. The molecule has 0 saturated carbocycles. The molecule has 22 heavy (non-hydrogen) atoms. The van der Waals surface area contributed by atoms with Crippen molar-refractivity contribution in [2.24, 2.45) is 11.8 Å². The highest BCUT2D eigenvalue weighted by atomic mass is 35.5. The maximum absolute atomic E-state index is 12.3. The van der Waals surface area contributed by atoms with Gasteiger partial charge in [0.05, 0.1) is 0 Å². The van der Waals surface area contributed by atoms with Crippen LogP contribution < -0.4 is 10.1 Å². The quantitative estimate of drug-likeness (QED) is 0.835. The fourth-order valence-corrected chi connectivity index (χ4v) is 2.73. The number of rotatable bonds is 6. The van der Waals surface area contributed by atoms with Crippen LogP contribution in [0.4, 0.5) is 0 Å². The van der Waals surface area contributed by atoms with Gasteiger partial charge in [0.1, 0.15) is 5.75 Å². The van der Waals surface area contributed by atoms with E-state index in [2.05, 4.69) is 33.0 Å². The number of benzene rings is 1. The van der Waals surface area contributed by atoms with E-state index in [1.54, 1.807) is 6.92 Å². The van der Waals surface area contributed by atoms with Crippen LogP contribution in [0.25, 0.3) is 0 Å². The standard InChI is InChI=1S/C18H28ClNO2/c1-10(2)17(11(3)4)20-18(21)14(7)22-15-8-12(5)16(19)13(6)9-15/h8-11,14,17H,1-7H3,(H,20,21). The van der Waals surface area contributed by atoms with Crippen LogP contribution >= 0.6 is 11.6 Å². The lowest BCUT2D eigenvalue weighted by atomic mass is 9.93. The fourth-order valence-electron chi connectivity index (χ4n) is 2.62. The van der Waals surface area contributed by atoms with E-state index in [9.17, 15) is 4.79 Å². The molecule has 3 nitrogen and oxygen atoms in total. The minimum Gasteiger partial charge on any atom is -0.481 e. The van der Waals surface area contributed by atoms with Crippen LogP contribution in [0.2, 0.25) is 5.02 Å². The van der Waals surface area contributed by atoms with E-state index in [0.29, 0.717) is 17.6 Å². The van der Waals surface area contributed by atoms with Crippen LogP contribution in [0, 0.1) is 25.7 Å². The number of carbonyl (C=O) groups is 1. The van der Waals surface area contributed by atoms with Gasteiger partial charge in [-0.15, -0.1) is 0 Å². The smallest absolute Gasteiger partial charge is 0.261 e. The van der Waals surface area contributed by atoms with Gasteiger partial charge in [-0.25, -0.2) is 0 Å². The average molecular weight is 326 g/mol. The van der Waals surface area contributed by atoms with E-state index in [1.165, 1.54) is 0 Å². The van der Waals surface area contributed by atoms with Crippen molar-refractivity contribution in [1.82, 2.24) is 5.32 Å². The molecule has 0 aliphatic rings. The first-order valence-electron chi connectivity index (χ1n) is 7.87. The Balaban J connectivity index is 2.76. The van der Waals surface area contributed by atoms with Gasteiger partial charge in [0.2, 0.25) is 0 Å². The number of halogens is 1. The minimum atomic E-state index is -0.542. The summed E-state index contributed by atoms with van der Waals surface area (Å²) in [6.07, 6.45) is -0.542. The molecule has 0 bridgehead atoms. The third kappa shape index (κ3) is 4.91. The molecule has 1 aromatic carbocycles. The maximum atomic E-state index is 12.3. The van der Waals surface area contributed by atoms with E-state index < -0.39 is 6.10 Å². The van der Waals surface area contributed by atoms with Crippen molar-refractivity contribution in [3.63, 3.8) is 0 Å². The molecule has 0 aromatic heterocycles. The Morgan fingerprint density at radius 2 is 1.50 bits per heavy atom. The summed E-state index contributed by atoms with van der Waals surface area (Å²) >= 11 is 6.15. The molecule has 0 saturated heterocycles. The van der Waals surface area contributed by atoms with Gasteiger partial charge in [0, 0.05) is 11.1 Å². The summed E-state index contributed by atoms with van der Waals surface area (Å²) in [4.78, 5) is 12.3. The molecule has 1 atom stereocenters. The Hall–Kier alpha value is -1.22. The zero-order chi connectivity index (χ0) is 17.0.